The molecule has 8 aliphatic rings. The Balaban J connectivity index is 0.731. The Morgan fingerprint density at radius 1 is 0.259 bits per heavy atom. The molecule has 0 amide bonds. The van der Waals surface area contributed by atoms with Crippen molar-refractivity contribution in [3.05, 3.63) is 24.3 Å². The molecule has 8 unspecified atom stereocenters. The van der Waals surface area contributed by atoms with Crippen molar-refractivity contribution in [3.63, 3.8) is 0 Å². The zero-order valence-corrected chi connectivity index (χ0v) is 39.1. The molecule has 8 fully saturated rings. The summed E-state index contributed by atoms with van der Waals surface area (Å²) in [5.74, 6) is 9.27. The molecule has 0 aromatic heterocycles. The van der Waals surface area contributed by atoms with Gasteiger partial charge in [-0.1, -0.05) is 103 Å². The van der Waals surface area contributed by atoms with E-state index in [2.05, 4.69) is 61.8 Å². The first kappa shape index (κ1) is 44.0. The fourth-order valence-electron chi connectivity index (χ4n) is 15.9. The fourth-order valence-corrected chi connectivity index (χ4v) is 15.9. The van der Waals surface area contributed by atoms with Crippen LogP contribution in [0.4, 0.5) is 0 Å². The Labute approximate surface area is 361 Å². The van der Waals surface area contributed by atoms with Crippen molar-refractivity contribution >= 4 is 0 Å². The Kier molecular flexibility index (Phi) is 16.4. The Hall–Kier alpha value is -0.600. The van der Waals surface area contributed by atoms with Crippen LogP contribution in [0.1, 0.15) is 233 Å². The topological polar surface area (TPSA) is 6.48 Å². The zero-order valence-electron chi connectivity index (χ0n) is 39.1. The van der Waals surface area contributed by atoms with Crippen LogP contribution in [0, 0.1) is 59.2 Å². The van der Waals surface area contributed by atoms with Crippen LogP contribution in [-0.2, 0) is 0 Å². The standard InChI is InChI=1S/C56H96N2/c1-41-9-5-13-53(37-41)57(54-14-6-10-42(2)38-54)51-33-25-47(26-34-51)19-17-45-21-29-49(30-22-45)50-31-23-46(24-32-50)18-20-48-27-35-52(36-28-48)58(55-15-7-11-43(3)39-55)56-16-8-12-44(4)40-56/h17-20,41-56H,5-16,21-40H2,1-4H3. The summed E-state index contributed by atoms with van der Waals surface area (Å²) < 4.78 is 0. The van der Waals surface area contributed by atoms with Crippen LogP contribution in [0.15, 0.2) is 24.3 Å². The molecule has 0 heterocycles. The van der Waals surface area contributed by atoms with Gasteiger partial charge >= 0.3 is 0 Å². The van der Waals surface area contributed by atoms with Crippen LogP contribution < -0.4 is 0 Å². The molecule has 2 heteroatoms. The summed E-state index contributed by atoms with van der Waals surface area (Å²) in [4.78, 5) is 6.37. The summed E-state index contributed by atoms with van der Waals surface area (Å²) in [7, 11) is 0. The van der Waals surface area contributed by atoms with Crippen LogP contribution in [0.3, 0.4) is 0 Å². The first-order chi connectivity index (χ1) is 28.3. The molecule has 0 aromatic carbocycles. The number of hydrogen-bond acceptors (Lipinski definition) is 2. The molecule has 0 aromatic rings. The summed E-state index contributed by atoms with van der Waals surface area (Å²) in [5, 5.41) is 0. The smallest absolute Gasteiger partial charge is 0.0104 e. The lowest BCUT2D eigenvalue weighted by atomic mass is 9.69. The highest BCUT2D eigenvalue weighted by atomic mass is 15.2. The number of allylic oxidation sites excluding steroid dienone is 4. The molecule has 330 valence electrons. The summed E-state index contributed by atoms with van der Waals surface area (Å²) >= 11 is 0. The van der Waals surface area contributed by atoms with E-state index >= 15 is 0 Å². The lowest BCUT2D eigenvalue weighted by Gasteiger charge is -2.49. The monoisotopic (exact) mass is 797 g/mol. The molecule has 0 spiro atoms. The Morgan fingerprint density at radius 2 is 0.500 bits per heavy atom. The molecule has 8 atom stereocenters. The molecule has 0 saturated heterocycles. The number of hydrogen-bond donors (Lipinski definition) is 0. The lowest BCUT2D eigenvalue weighted by Crippen LogP contribution is -2.53. The van der Waals surface area contributed by atoms with E-state index in [-0.39, 0.29) is 0 Å². The first-order valence-corrected chi connectivity index (χ1v) is 27.3. The second kappa shape index (κ2) is 21.7. The summed E-state index contributed by atoms with van der Waals surface area (Å²) in [5.41, 5.74) is 0. The third-order valence-corrected chi connectivity index (χ3v) is 19.3. The van der Waals surface area contributed by atoms with E-state index in [0.717, 1.165) is 95.4 Å². The average Bonchev–Trinajstić information content (AvgIpc) is 3.24. The molecule has 0 aliphatic heterocycles. The minimum absolute atomic E-state index is 0.857. The minimum atomic E-state index is 0.857. The van der Waals surface area contributed by atoms with E-state index < -0.39 is 0 Å². The summed E-state index contributed by atoms with van der Waals surface area (Å²) in [6.07, 6.45) is 58.2. The van der Waals surface area contributed by atoms with Crippen molar-refractivity contribution in [2.45, 2.75) is 269 Å². The van der Waals surface area contributed by atoms with E-state index in [4.69, 9.17) is 0 Å². The SMILES string of the molecule is CC1CCCC(N(C2CCC(C=CC3CCC(C4CCC(C=CC5CCC(N(C6CCCC(C)C6)C6CCCC(C)C6)CC5)CC4)CC3)CC2)C2CCCC(C)C2)C1. The van der Waals surface area contributed by atoms with Crippen LogP contribution in [0.5, 0.6) is 0 Å². The van der Waals surface area contributed by atoms with Crippen LogP contribution in [0.25, 0.3) is 0 Å². The normalized spacial score (nSPS) is 45.3. The van der Waals surface area contributed by atoms with Gasteiger partial charge in [0.2, 0.25) is 0 Å². The Bertz CT molecular complexity index is 1100. The lowest BCUT2D eigenvalue weighted by molar-refractivity contribution is 0.00296. The van der Waals surface area contributed by atoms with Crippen molar-refractivity contribution in [2.24, 2.45) is 59.2 Å². The van der Waals surface area contributed by atoms with Crippen LogP contribution >= 0.6 is 0 Å². The van der Waals surface area contributed by atoms with Gasteiger partial charge in [-0.3, -0.25) is 9.80 Å². The molecule has 8 aliphatic carbocycles. The molecular formula is C56H96N2. The van der Waals surface area contributed by atoms with Gasteiger partial charge in [0, 0.05) is 36.3 Å². The predicted molar refractivity (Wildman–Crippen MR) is 250 cm³/mol. The quantitative estimate of drug-likeness (QED) is 0.192. The number of rotatable bonds is 11. The van der Waals surface area contributed by atoms with E-state index in [9.17, 15) is 0 Å². The summed E-state index contributed by atoms with van der Waals surface area (Å²) in [6.45, 7) is 10.2. The highest BCUT2D eigenvalue weighted by molar-refractivity contribution is 5.02. The van der Waals surface area contributed by atoms with Crippen LogP contribution in [-0.4, -0.2) is 46.1 Å². The van der Waals surface area contributed by atoms with Gasteiger partial charge in [-0.05, 0) is 213 Å². The van der Waals surface area contributed by atoms with E-state index in [1.165, 1.54) is 205 Å². The van der Waals surface area contributed by atoms with Crippen molar-refractivity contribution in [1.82, 2.24) is 9.80 Å². The Morgan fingerprint density at radius 3 is 0.741 bits per heavy atom. The average molecular weight is 797 g/mol. The highest BCUT2D eigenvalue weighted by Gasteiger charge is 2.40. The third kappa shape index (κ3) is 11.9. The van der Waals surface area contributed by atoms with Gasteiger partial charge in [-0.15, -0.1) is 0 Å². The van der Waals surface area contributed by atoms with Crippen molar-refractivity contribution in [1.29, 1.82) is 0 Å². The van der Waals surface area contributed by atoms with Crippen molar-refractivity contribution in [3.8, 4) is 0 Å². The minimum Gasteiger partial charge on any atom is -0.294 e. The molecule has 2 nitrogen and oxygen atoms in total. The van der Waals surface area contributed by atoms with E-state index in [0.29, 0.717) is 0 Å². The maximum absolute atomic E-state index is 3.19. The second-order valence-electron chi connectivity index (χ2n) is 23.9. The van der Waals surface area contributed by atoms with Crippen LogP contribution in [0.2, 0.25) is 0 Å². The highest BCUT2D eigenvalue weighted by Crippen LogP contribution is 2.45. The van der Waals surface area contributed by atoms with Gasteiger partial charge in [-0.25, -0.2) is 0 Å². The molecule has 58 heavy (non-hydrogen) atoms. The van der Waals surface area contributed by atoms with E-state index in [1.807, 2.05) is 0 Å². The molecular weight excluding hydrogens is 701 g/mol. The fraction of sp³-hybridized carbons (Fsp3) is 0.929. The van der Waals surface area contributed by atoms with Crippen molar-refractivity contribution in [2.75, 3.05) is 0 Å². The van der Waals surface area contributed by atoms with Gasteiger partial charge in [-0.2, -0.15) is 0 Å². The summed E-state index contributed by atoms with van der Waals surface area (Å²) in [6, 6.07) is 5.28. The zero-order chi connectivity index (χ0) is 39.8. The van der Waals surface area contributed by atoms with E-state index in [1.54, 1.807) is 0 Å². The number of nitrogens with zero attached hydrogens (tertiary/aromatic N) is 2. The van der Waals surface area contributed by atoms with Gasteiger partial charge in [0.05, 0.1) is 0 Å². The molecule has 0 bridgehead atoms. The largest absolute Gasteiger partial charge is 0.294 e. The maximum atomic E-state index is 3.19. The maximum Gasteiger partial charge on any atom is 0.0104 e. The van der Waals surface area contributed by atoms with Gasteiger partial charge in [0.15, 0.2) is 0 Å². The molecule has 8 rings (SSSR count). The molecule has 0 radical (unpaired) electrons. The van der Waals surface area contributed by atoms with Gasteiger partial charge in [0.25, 0.3) is 0 Å². The predicted octanol–water partition coefficient (Wildman–Crippen LogP) is 15.7. The van der Waals surface area contributed by atoms with Gasteiger partial charge in [0.1, 0.15) is 0 Å². The van der Waals surface area contributed by atoms with Gasteiger partial charge < -0.3 is 0 Å². The second-order valence-corrected chi connectivity index (χ2v) is 23.9. The molecule has 8 saturated carbocycles. The molecule has 0 N–H and O–H groups in total. The first-order valence-electron chi connectivity index (χ1n) is 27.3. The third-order valence-electron chi connectivity index (χ3n) is 19.3. The van der Waals surface area contributed by atoms with Crippen molar-refractivity contribution < 1.29 is 0 Å².